The van der Waals surface area contributed by atoms with E-state index in [1.165, 1.54) is 11.1 Å². The molecule has 0 saturated heterocycles. The Morgan fingerprint density at radius 2 is 1.79 bits per heavy atom. The average Bonchev–Trinajstić information content (AvgIpc) is 2.08. The first-order valence-electron chi connectivity index (χ1n) is 4.53. The lowest BCUT2D eigenvalue weighted by Gasteiger charge is -2.16. The van der Waals surface area contributed by atoms with Gasteiger partial charge in [0.05, 0.1) is 12.1 Å². The van der Waals surface area contributed by atoms with E-state index in [0.29, 0.717) is 0 Å². The number of nitrogens with two attached hydrogens (primary N) is 1. The number of aliphatic hydroxyl groups is 1. The molecule has 14 heavy (non-hydrogen) atoms. The molecule has 3 heteroatoms. The van der Waals surface area contributed by atoms with E-state index in [9.17, 15) is 5.11 Å². The van der Waals surface area contributed by atoms with Gasteiger partial charge in [-0.1, -0.05) is 18.2 Å². The zero-order chi connectivity index (χ0) is 10.0. The molecule has 0 aliphatic rings. The summed E-state index contributed by atoms with van der Waals surface area (Å²) in [5, 5.41) is 9.31. The minimum absolute atomic E-state index is 0. The molecule has 0 radical (unpaired) electrons. The maximum atomic E-state index is 9.31. The van der Waals surface area contributed by atoms with Crippen LogP contribution in [0.1, 0.15) is 29.7 Å². The summed E-state index contributed by atoms with van der Waals surface area (Å²) in [4.78, 5) is 0. The molecule has 0 aliphatic carbocycles. The van der Waals surface area contributed by atoms with Gasteiger partial charge in [-0.3, -0.25) is 0 Å². The summed E-state index contributed by atoms with van der Waals surface area (Å²) < 4.78 is 0. The average molecular weight is 216 g/mol. The normalized spacial score (nSPS) is 14.4. The first-order valence-corrected chi connectivity index (χ1v) is 4.53. The molecule has 0 spiro atoms. The first-order chi connectivity index (χ1) is 6.02. The zero-order valence-electron chi connectivity index (χ0n) is 8.82. The van der Waals surface area contributed by atoms with Gasteiger partial charge in [0.25, 0.3) is 0 Å². The summed E-state index contributed by atoms with van der Waals surface area (Å²) in [6.45, 7) is 5.82. The van der Waals surface area contributed by atoms with Gasteiger partial charge >= 0.3 is 0 Å². The lowest BCUT2D eigenvalue weighted by atomic mass is 9.99. The molecule has 2 atom stereocenters. The van der Waals surface area contributed by atoms with Crippen LogP contribution in [0, 0.1) is 13.8 Å². The Morgan fingerprint density at radius 3 is 2.21 bits per heavy atom. The molecule has 0 saturated carbocycles. The van der Waals surface area contributed by atoms with Gasteiger partial charge in [-0.2, -0.15) is 0 Å². The highest BCUT2D eigenvalue weighted by molar-refractivity contribution is 5.85. The van der Waals surface area contributed by atoms with Crippen molar-refractivity contribution in [3.05, 3.63) is 34.9 Å². The minimum Gasteiger partial charge on any atom is -0.391 e. The topological polar surface area (TPSA) is 46.2 Å². The third-order valence-electron chi connectivity index (χ3n) is 2.44. The first kappa shape index (κ1) is 13.4. The van der Waals surface area contributed by atoms with Crippen molar-refractivity contribution in [3.8, 4) is 0 Å². The third kappa shape index (κ3) is 2.98. The minimum atomic E-state index is -0.498. The predicted molar refractivity (Wildman–Crippen MR) is 61.8 cm³/mol. The SMILES string of the molecule is Cc1ccc([C@@H](N)[C@H](C)O)cc1C.Cl. The van der Waals surface area contributed by atoms with Gasteiger partial charge in [0, 0.05) is 0 Å². The molecule has 1 aromatic rings. The van der Waals surface area contributed by atoms with Crippen LogP contribution in [0.4, 0.5) is 0 Å². The van der Waals surface area contributed by atoms with Gasteiger partial charge in [-0.25, -0.2) is 0 Å². The lowest BCUT2D eigenvalue weighted by molar-refractivity contribution is 0.164. The molecule has 2 nitrogen and oxygen atoms in total. The molecule has 0 bridgehead atoms. The van der Waals surface area contributed by atoms with Gasteiger partial charge in [0.1, 0.15) is 0 Å². The third-order valence-corrected chi connectivity index (χ3v) is 2.44. The number of halogens is 1. The highest BCUT2D eigenvalue weighted by Crippen LogP contribution is 2.17. The van der Waals surface area contributed by atoms with Crippen molar-refractivity contribution in [3.63, 3.8) is 0 Å². The number of benzene rings is 1. The fraction of sp³-hybridized carbons (Fsp3) is 0.455. The molecule has 0 unspecified atom stereocenters. The van der Waals surface area contributed by atoms with E-state index in [2.05, 4.69) is 6.92 Å². The van der Waals surface area contributed by atoms with Gasteiger partial charge in [0.2, 0.25) is 0 Å². The molecule has 0 aromatic heterocycles. The van der Waals surface area contributed by atoms with E-state index >= 15 is 0 Å². The van der Waals surface area contributed by atoms with Gasteiger partial charge in [0.15, 0.2) is 0 Å². The van der Waals surface area contributed by atoms with Crippen LogP contribution in [-0.4, -0.2) is 11.2 Å². The largest absolute Gasteiger partial charge is 0.391 e. The molecule has 1 aromatic carbocycles. The second-order valence-corrected chi connectivity index (χ2v) is 3.61. The van der Waals surface area contributed by atoms with Crippen molar-refractivity contribution < 1.29 is 5.11 Å². The van der Waals surface area contributed by atoms with Gasteiger partial charge in [-0.15, -0.1) is 12.4 Å². The summed E-state index contributed by atoms with van der Waals surface area (Å²) in [6.07, 6.45) is -0.498. The summed E-state index contributed by atoms with van der Waals surface area (Å²) in [7, 11) is 0. The summed E-state index contributed by atoms with van der Waals surface area (Å²) in [5.74, 6) is 0. The number of rotatable bonds is 2. The molecule has 0 amide bonds. The van der Waals surface area contributed by atoms with E-state index in [1.807, 2.05) is 25.1 Å². The van der Waals surface area contributed by atoms with E-state index < -0.39 is 6.10 Å². The Balaban J connectivity index is 0.00000169. The molecule has 0 aliphatic heterocycles. The second kappa shape index (κ2) is 5.35. The Hall–Kier alpha value is -0.570. The maximum Gasteiger partial charge on any atom is 0.0704 e. The Bertz CT molecular complexity index is 299. The maximum absolute atomic E-state index is 9.31. The number of aliphatic hydroxyl groups excluding tert-OH is 1. The molecule has 1 rings (SSSR count). The summed E-state index contributed by atoms with van der Waals surface area (Å²) >= 11 is 0. The van der Waals surface area contributed by atoms with E-state index in [-0.39, 0.29) is 18.4 Å². The number of hydrogen-bond acceptors (Lipinski definition) is 2. The standard InChI is InChI=1S/C11H17NO.ClH/c1-7-4-5-10(6-8(7)2)11(12)9(3)13;/h4-6,9,11,13H,12H2,1-3H3;1H/t9-,11-;/m0./s1. The second-order valence-electron chi connectivity index (χ2n) is 3.61. The van der Waals surface area contributed by atoms with Crippen molar-refractivity contribution in [2.45, 2.75) is 32.9 Å². The molecular weight excluding hydrogens is 198 g/mol. The molecular formula is C11H18ClNO. The monoisotopic (exact) mass is 215 g/mol. The van der Waals surface area contributed by atoms with Crippen molar-refractivity contribution in [2.75, 3.05) is 0 Å². The van der Waals surface area contributed by atoms with E-state index in [0.717, 1.165) is 5.56 Å². The number of aryl methyl sites for hydroxylation is 2. The van der Waals surface area contributed by atoms with Crippen LogP contribution >= 0.6 is 12.4 Å². The van der Waals surface area contributed by atoms with Crippen LogP contribution in [0.25, 0.3) is 0 Å². The lowest BCUT2D eigenvalue weighted by Crippen LogP contribution is -2.23. The van der Waals surface area contributed by atoms with E-state index in [4.69, 9.17) is 5.73 Å². The molecule has 0 fully saturated rings. The van der Waals surface area contributed by atoms with Crippen LogP contribution in [0.3, 0.4) is 0 Å². The van der Waals surface area contributed by atoms with Crippen molar-refractivity contribution in [1.29, 1.82) is 0 Å². The molecule has 3 N–H and O–H groups in total. The fourth-order valence-corrected chi connectivity index (χ4v) is 1.25. The van der Waals surface area contributed by atoms with Crippen LogP contribution in [0.15, 0.2) is 18.2 Å². The van der Waals surface area contributed by atoms with E-state index in [1.54, 1.807) is 6.92 Å². The van der Waals surface area contributed by atoms with Crippen LogP contribution in [0.2, 0.25) is 0 Å². The molecule has 80 valence electrons. The molecule has 0 heterocycles. The van der Waals surface area contributed by atoms with Crippen molar-refractivity contribution in [2.24, 2.45) is 5.73 Å². The summed E-state index contributed by atoms with van der Waals surface area (Å²) in [5.41, 5.74) is 9.27. The van der Waals surface area contributed by atoms with Crippen molar-refractivity contribution in [1.82, 2.24) is 0 Å². The quantitative estimate of drug-likeness (QED) is 0.794. The van der Waals surface area contributed by atoms with Crippen LogP contribution in [0.5, 0.6) is 0 Å². The van der Waals surface area contributed by atoms with Crippen molar-refractivity contribution >= 4 is 12.4 Å². The number of hydrogen-bond donors (Lipinski definition) is 2. The highest BCUT2D eigenvalue weighted by atomic mass is 35.5. The summed E-state index contributed by atoms with van der Waals surface area (Å²) in [6, 6.07) is 5.76. The Labute approximate surface area is 91.5 Å². The van der Waals surface area contributed by atoms with Gasteiger partial charge < -0.3 is 10.8 Å². The fourth-order valence-electron chi connectivity index (χ4n) is 1.25. The Kier molecular flexibility index (Phi) is 5.13. The van der Waals surface area contributed by atoms with Crippen LogP contribution < -0.4 is 5.73 Å². The Morgan fingerprint density at radius 1 is 1.21 bits per heavy atom. The predicted octanol–water partition coefficient (Wildman–Crippen LogP) is 2.11. The van der Waals surface area contributed by atoms with Gasteiger partial charge in [-0.05, 0) is 37.5 Å². The smallest absolute Gasteiger partial charge is 0.0704 e. The zero-order valence-corrected chi connectivity index (χ0v) is 9.64. The highest BCUT2D eigenvalue weighted by Gasteiger charge is 2.11. The van der Waals surface area contributed by atoms with Crippen LogP contribution in [-0.2, 0) is 0 Å².